The lowest BCUT2D eigenvalue weighted by Crippen LogP contribution is -2.37. The van der Waals surface area contributed by atoms with Crippen molar-refractivity contribution in [2.24, 2.45) is 11.1 Å². The number of para-hydroxylation sites is 1. The molecule has 1 aromatic rings. The fourth-order valence-electron chi connectivity index (χ4n) is 1.51. The van der Waals surface area contributed by atoms with Crippen molar-refractivity contribution in [3.8, 4) is 0 Å². The second-order valence-electron chi connectivity index (χ2n) is 5.09. The van der Waals surface area contributed by atoms with Gasteiger partial charge in [-0.25, -0.2) is 4.79 Å². The predicted molar refractivity (Wildman–Crippen MR) is 78.3 cm³/mol. The van der Waals surface area contributed by atoms with Gasteiger partial charge in [0.05, 0.1) is 29.0 Å². The summed E-state index contributed by atoms with van der Waals surface area (Å²) >= 11 is 0. The Kier molecular flexibility index (Phi) is 4.96. The number of amides is 1. The van der Waals surface area contributed by atoms with Crippen LogP contribution in [0.5, 0.6) is 0 Å². The number of hydrogen-bond donors (Lipinski definition) is 3. The molecular weight excluding hydrogens is 258 g/mol. The van der Waals surface area contributed by atoms with Gasteiger partial charge in [-0.3, -0.25) is 4.79 Å². The van der Waals surface area contributed by atoms with Crippen molar-refractivity contribution in [2.75, 3.05) is 24.2 Å². The Balaban J connectivity index is 2.90. The van der Waals surface area contributed by atoms with Crippen molar-refractivity contribution in [3.63, 3.8) is 0 Å². The van der Waals surface area contributed by atoms with Gasteiger partial charge in [-0.05, 0) is 32.9 Å². The van der Waals surface area contributed by atoms with E-state index in [0.717, 1.165) is 0 Å². The van der Waals surface area contributed by atoms with Crippen molar-refractivity contribution in [3.05, 3.63) is 23.8 Å². The number of nitrogens with two attached hydrogens (primary N) is 2. The number of hydrogen-bond acceptors (Lipinski definition) is 5. The smallest absolute Gasteiger partial charge is 0.340 e. The van der Waals surface area contributed by atoms with Gasteiger partial charge in [0, 0.05) is 6.54 Å². The number of carbonyl (C=O) groups excluding carboxylic acids is 2. The largest absolute Gasteiger partial charge is 0.462 e. The lowest BCUT2D eigenvalue weighted by molar-refractivity contribution is -0.125. The summed E-state index contributed by atoms with van der Waals surface area (Å²) in [6.07, 6.45) is 0. The first-order valence-corrected chi connectivity index (χ1v) is 6.39. The minimum absolute atomic E-state index is 0.282. The zero-order chi connectivity index (χ0) is 15.3. The van der Waals surface area contributed by atoms with Crippen LogP contribution in [0.2, 0.25) is 0 Å². The fourth-order valence-corrected chi connectivity index (χ4v) is 1.51. The van der Waals surface area contributed by atoms with Crippen molar-refractivity contribution < 1.29 is 14.3 Å². The van der Waals surface area contributed by atoms with Gasteiger partial charge in [0.2, 0.25) is 5.91 Å². The van der Waals surface area contributed by atoms with Crippen LogP contribution in [0.1, 0.15) is 31.1 Å². The average Bonchev–Trinajstić information content (AvgIpc) is 2.37. The molecule has 0 saturated carbocycles. The Bertz CT molecular complexity index is 512. The van der Waals surface area contributed by atoms with E-state index in [1.165, 1.54) is 0 Å². The third kappa shape index (κ3) is 3.63. The van der Waals surface area contributed by atoms with Crippen LogP contribution in [0, 0.1) is 5.41 Å². The monoisotopic (exact) mass is 279 g/mol. The van der Waals surface area contributed by atoms with Crippen molar-refractivity contribution >= 4 is 23.3 Å². The number of carbonyl (C=O) groups is 2. The molecule has 0 aromatic heterocycles. The van der Waals surface area contributed by atoms with E-state index >= 15 is 0 Å². The Hall–Kier alpha value is -2.24. The molecule has 0 saturated heterocycles. The van der Waals surface area contributed by atoms with Crippen molar-refractivity contribution in [1.29, 1.82) is 0 Å². The van der Waals surface area contributed by atoms with Crippen LogP contribution in [0.3, 0.4) is 0 Å². The van der Waals surface area contributed by atoms with Gasteiger partial charge in [0.1, 0.15) is 0 Å². The molecule has 0 aliphatic rings. The lowest BCUT2D eigenvalue weighted by Gasteiger charge is -2.22. The van der Waals surface area contributed by atoms with Gasteiger partial charge < -0.3 is 21.5 Å². The van der Waals surface area contributed by atoms with E-state index in [2.05, 4.69) is 5.32 Å². The van der Waals surface area contributed by atoms with E-state index in [-0.39, 0.29) is 6.61 Å². The molecule has 0 spiro atoms. The van der Waals surface area contributed by atoms with Crippen LogP contribution in [-0.4, -0.2) is 25.0 Å². The number of primary amides is 1. The minimum Gasteiger partial charge on any atom is -0.462 e. The maximum Gasteiger partial charge on any atom is 0.340 e. The fraction of sp³-hybridized carbons (Fsp3) is 0.429. The highest BCUT2D eigenvalue weighted by Crippen LogP contribution is 2.25. The highest BCUT2D eigenvalue weighted by Gasteiger charge is 2.25. The summed E-state index contributed by atoms with van der Waals surface area (Å²) in [5.41, 5.74) is 11.7. The lowest BCUT2D eigenvalue weighted by atomic mass is 9.92. The maximum atomic E-state index is 11.7. The van der Waals surface area contributed by atoms with E-state index in [9.17, 15) is 9.59 Å². The number of anilines is 2. The normalized spacial score (nSPS) is 10.9. The quantitative estimate of drug-likeness (QED) is 0.538. The van der Waals surface area contributed by atoms with Gasteiger partial charge in [-0.15, -0.1) is 0 Å². The van der Waals surface area contributed by atoms with Crippen molar-refractivity contribution in [1.82, 2.24) is 0 Å². The number of nitrogen functional groups attached to an aromatic ring is 1. The molecule has 0 atom stereocenters. The molecule has 6 heteroatoms. The van der Waals surface area contributed by atoms with Crippen LogP contribution >= 0.6 is 0 Å². The zero-order valence-corrected chi connectivity index (χ0v) is 12.0. The molecular formula is C14H21N3O3. The van der Waals surface area contributed by atoms with E-state index in [0.29, 0.717) is 23.5 Å². The Morgan fingerprint density at radius 1 is 1.35 bits per heavy atom. The maximum absolute atomic E-state index is 11.7. The standard InChI is InChI=1S/C14H21N3O3/c1-4-20-12(18)9-6-5-7-10(11(9)15)17-8-14(2,3)13(16)19/h5-7,17H,4,8,15H2,1-3H3,(H2,16,19). The SMILES string of the molecule is CCOC(=O)c1cccc(NCC(C)(C)C(N)=O)c1N. The third-order valence-corrected chi connectivity index (χ3v) is 2.99. The first-order valence-electron chi connectivity index (χ1n) is 6.39. The van der Waals surface area contributed by atoms with Crippen molar-refractivity contribution in [2.45, 2.75) is 20.8 Å². The Morgan fingerprint density at radius 2 is 2.00 bits per heavy atom. The molecule has 0 fully saturated rings. The molecule has 0 radical (unpaired) electrons. The summed E-state index contributed by atoms with van der Waals surface area (Å²) in [6, 6.07) is 5.02. The molecule has 0 aliphatic heterocycles. The molecule has 110 valence electrons. The second kappa shape index (κ2) is 6.27. The number of esters is 1. The molecule has 0 bridgehead atoms. The highest BCUT2D eigenvalue weighted by molar-refractivity contribution is 5.98. The number of rotatable bonds is 6. The van der Waals surface area contributed by atoms with Gasteiger partial charge in [-0.2, -0.15) is 0 Å². The van der Waals surface area contributed by atoms with Crippen LogP contribution < -0.4 is 16.8 Å². The van der Waals surface area contributed by atoms with E-state index in [1.54, 1.807) is 39.0 Å². The molecule has 1 aromatic carbocycles. The summed E-state index contributed by atoms with van der Waals surface area (Å²) < 4.78 is 4.93. The summed E-state index contributed by atoms with van der Waals surface area (Å²) in [5.74, 6) is -0.882. The van der Waals surface area contributed by atoms with Gasteiger partial charge in [0.15, 0.2) is 0 Å². The van der Waals surface area contributed by atoms with E-state index in [4.69, 9.17) is 16.2 Å². The average molecular weight is 279 g/mol. The number of nitrogens with one attached hydrogen (secondary N) is 1. The second-order valence-corrected chi connectivity index (χ2v) is 5.09. The predicted octanol–water partition coefficient (Wildman–Crippen LogP) is 1.37. The summed E-state index contributed by atoms with van der Waals surface area (Å²) in [7, 11) is 0. The molecule has 1 amide bonds. The summed E-state index contributed by atoms with van der Waals surface area (Å²) in [5, 5.41) is 3.04. The first kappa shape index (κ1) is 15.8. The topological polar surface area (TPSA) is 107 Å². The van der Waals surface area contributed by atoms with Crippen LogP contribution in [0.15, 0.2) is 18.2 Å². The van der Waals surface area contributed by atoms with Crippen LogP contribution in [-0.2, 0) is 9.53 Å². The van der Waals surface area contributed by atoms with E-state index < -0.39 is 17.3 Å². The molecule has 0 aliphatic carbocycles. The zero-order valence-electron chi connectivity index (χ0n) is 12.0. The first-order chi connectivity index (χ1) is 9.29. The van der Waals surface area contributed by atoms with Gasteiger partial charge in [0.25, 0.3) is 0 Å². The molecule has 0 unspecified atom stereocenters. The van der Waals surface area contributed by atoms with Crippen LogP contribution in [0.4, 0.5) is 11.4 Å². The van der Waals surface area contributed by atoms with Gasteiger partial charge in [-0.1, -0.05) is 6.07 Å². The molecule has 20 heavy (non-hydrogen) atoms. The van der Waals surface area contributed by atoms with Crippen LogP contribution in [0.25, 0.3) is 0 Å². The molecule has 1 rings (SSSR count). The number of benzene rings is 1. The van der Waals surface area contributed by atoms with E-state index in [1.807, 2.05) is 0 Å². The Labute approximate surface area is 118 Å². The summed E-state index contributed by atoms with van der Waals surface area (Å²) in [6.45, 7) is 5.79. The molecule has 6 nitrogen and oxygen atoms in total. The third-order valence-electron chi connectivity index (χ3n) is 2.99. The summed E-state index contributed by atoms with van der Waals surface area (Å²) in [4.78, 5) is 23.0. The molecule has 0 heterocycles. The molecule has 5 N–H and O–H groups in total. The highest BCUT2D eigenvalue weighted by atomic mass is 16.5. The minimum atomic E-state index is -0.716. The number of ether oxygens (including phenoxy) is 1. The van der Waals surface area contributed by atoms with Gasteiger partial charge >= 0.3 is 5.97 Å². The Morgan fingerprint density at radius 3 is 2.55 bits per heavy atom.